The molecule has 0 N–H and O–H groups in total. The number of aryl methyl sites for hydroxylation is 1. The topological polar surface area (TPSA) is 84.9 Å². The molecule has 0 spiro atoms. The first-order valence-corrected chi connectivity index (χ1v) is 11.1. The minimum atomic E-state index is -0.195. The highest BCUT2D eigenvalue weighted by Crippen LogP contribution is 2.28. The van der Waals surface area contributed by atoms with Gasteiger partial charge in [0.25, 0.3) is 0 Å². The van der Waals surface area contributed by atoms with Crippen LogP contribution in [-0.2, 0) is 14.3 Å². The Kier molecular flexibility index (Phi) is 6.51. The number of piperidine rings is 1. The summed E-state index contributed by atoms with van der Waals surface area (Å²) in [7, 11) is 0. The Hall–Kier alpha value is -2.22. The van der Waals surface area contributed by atoms with Crippen molar-refractivity contribution >= 4 is 11.8 Å². The van der Waals surface area contributed by atoms with Crippen molar-refractivity contribution in [2.45, 2.75) is 52.0 Å². The van der Waals surface area contributed by atoms with Gasteiger partial charge in [0.1, 0.15) is 6.33 Å². The third-order valence-corrected chi connectivity index (χ3v) is 6.81. The predicted octanol–water partition coefficient (Wildman–Crippen LogP) is 1.74. The van der Waals surface area contributed by atoms with E-state index in [9.17, 15) is 9.59 Å². The van der Waals surface area contributed by atoms with Crippen molar-refractivity contribution in [3.8, 4) is 5.88 Å². The van der Waals surface area contributed by atoms with E-state index >= 15 is 0 Å². The van der Waals surface area contributed by atoms with Gasteiger partial charge in [-0.3, -0.25) is 9.59 Å². The summed E-state index contributed by atoms with van der Waals surface area (Å²) < 4.78 is 11.3. The lowest BCUT2D eigenvalue weighted by Gasteiger charge is -2.34. The molecular weight excluding hydrogens is 384 g/mol. The van der Waals surface area contributed by atoms with Crippen LogP contribution in [0.3, 0.4) is 0 Å². The lowest BCUT2D eigenvalue weighted by atomic mass is 9.96. The van der Waals surface area contributed by atoms with E-state index in [1.165, 1.54) is 6.33 Å². The molecule has 1 aromatic rings. The normalized spacial score (nSPS) is 23.8. The monoisotopic (exact) mass is 416 g/mol. The molecule has 3 aliphatic rings. The summed E-state index contributed by atoms with van der Waals surface area (Å²) in [6.45, 7) is 7.97. The van der Waals surface area contributed by atoms with E-state index in [1.807, 2.05) is 23.6 Å². The van der Waals surface area contributed by atoms with Crippen LogP contribution in [0.25, 0.3) is 0 Å². The van der Waals surface area contributed by atoms with Crippen molar-refractivity contribution in [2.75, 3.05) is 39.5 Å². The fourth-order valence-electron chi connectivity index (χ4n) is 4.68. The summed E-state index contributed by atoms with van der Waals surface area (Å²) in [5, 5.41) is 0. The molecule has 0 bridgehead atoms. The summed E-state index contributed by atoms with van der Waals surface area (Å²) >= 11 is 0. The van der Waals surface area contributed by atoms with E-state index in [1.54, 1.807) is 0 Å². The molecule has 3 aliphatic heterocycles. The van der Waals surface area contributed by atoms with Crippen LogP contribution in [-0.4, -0.2) is 77.1 Å². The van der Waals surface area contributed by atoms with Gasteiger partial charge < -0.3 is 19.3 Å². The van der Waals surface area contributed by atoms with Crippen LogP contribution in [0.4, 0.5) is 0 Å². The van der Waals surface area contributed by atoms with E-state index in [4.69, 9.17) is 9.47 Å². The number of carbonyl (C=O) groups is 2. The van der Waals surface area contributed by atoms with Gasteiger partial charge in [0, 0.05) is 56.6 Å². The van der Waals surface area contributed by atoms with Gasteiger partial charge in [-0.2, -0.15) is 0 Å². The van der Waals surface area contributed by atoms with Crippen LogP contribution in [0.1, 0.15) is 43.4 Å². The van der Waals surface area contributed by atoms with Crippen molar-refractivity contribution in [1.82, 2.24) is 19.8 Å². The second-order valence-electron chi connectivity index (χ2n) is 8.76. The van der Waals surface area contributed by atoms with E-state index < -0.39 is 0 Å². The lowest BCUT2D eigenvalue weighted by Crippen LogP contribution is -2.44. The molecule has 4 rings (SSSR count). The number of nitrogens with zero attached hydrogens (tertiary/aromatic N) is 4. The number of ether oxygens (including phenoxy) is 2. The molecule has 0 aliphatic carbocycles. The molecule has 3 saturated heterocycles. The summed E-state index contributed by atoms with van der Waals surface area (Å²) in [5.41, 5.74) is 1.91. The van der Waals surface area contributed by atoms with Crippen LogP contribution < -0.4 is 4.74 Å². The van der Waals surface area contributed by atoms with Crippen LogP contribution in [0.2, 0.25) is 0 Å². The van der Waals surface area contributed by atoms with Crippen molar-refractivity contribution in [3.63, 3.8) is 0 Å². The molecule has 30 heavy (non-hydrogen) atoms. The first-order valence-electron chi connectivity index (χ1n) is 11.1. The average Bonchev–Trinajstić information content (AvgIpc) is 3.17. The Bertz CT molecular complexity index is 772. The summed E-state index contributed by atoms with van der Waals surface area (Å²) in [6, 6.07) is 0.237. The van der Waals surface area contributed by atoms with Gasteiger partial charge >= 0.3 is 0 Å². The summed E-state index contributed by atoms with van der Waals surface area (Å²) in [6.07, 6.45) is 5.47. The lowest BCUT2D eigenvalue weighted by molar-refractivity contribution is -0.137. The molecule has 1 atom stereocenters. The second-order valence-corrected chi connectivity index (χ2v) is 8.76. The Morgan fingerprint density at radius 3 is 2.63 bits per heavy atom. The van der Waals surface area contributed by atoms with Crippen LogP contribution >= 0.6 is 0 Å². The largest absolute Gasteiger partial charge is 0.477 e. The first-order chi connectivity index (χ1) is 14.5. The second kappa shape index (κ2) is 9.29. The number of hydrogen-bond acceptors (Lipinski definition) is 6. The van der Waals surface area contributed by atoms with E-state index in [2.05, 4.69) is 9.97 Å². The van der Waals surface area contributed by atoms with Gasteiger partial charge in [0.15, 0.2) is 0 Å². The summed E-state index contributed by atoms with van der Waals surface area (Å²) in [5.74, 6) is 1.13. The van der Waals surface area contributed by atoms with Crippen LogP contribution in [0.5, 0.6) is 5.88 Å². The van der Waals surface area contributed by atoms with Crippen molar-refractivity contribution in [3.05, 3.63) is 17.6 Å². The van der Waals surface area contributed by atoms with E-state index in [-0.39, 0.29) is 23.8 Å². The maximum atomic E-state index is 13.0. The molecule has 4 heterocycles. The van der Waals surface area contributed by atoms with E-state index in [0.29, 0.717) is 44.6 Å². The highest BCUT2D eigenvalue weighted by atomic mass is 16.5. The zero-order chi connectivity index (χ0) is 21.1. The number of aromatic nitrogens is 2. The van der Waals surface area contributed by atoms with Gasteiger partial charge in [-0.1, -0.05) is 0 Å². The van der Waals surface area contributed by atoms with Gasteiger partial charge in [-0.25, -0.2) is 9.97 Å². The van der Waals surface area contributed by atoms with Crippen molar-refractivity contribution < 1.29 is 19.1 Å². The third kappa shape index (κ3) is 4.58. The van der Waals surface area contributed by atoms with E-state index in [0.717, 1.165) is 50.0 Å². The molecule has 1 unspecified atom stereocenters. The van der Waals surface area contributed by atoms with Gasteiger partial charge in [0.2, 0.25) is 17.7 Å². The Balaban J connectivity index is 1.24. The number of likely N-dealkylation sites (tertiary alicyclic amines) is 2. The average molecular weight is 417 g/mol. The molecule has 164 valence electrons. The Labute approximate surface area is 177 Å². The predicted molar refractivity (Wildman–Crippen MR) is 110 cm³/mol. The maximum absolute atomic E-state index is 13.0. The van der Waals surface area contributed by atoms with Crippen molar-refractivity contribution in [2.24, 2.45) is 11.8 Å². The fourth-order valence-corrected chi connectivity index (χ4v) is 4.68. The fraction of sp³-hybridized carbons (Fsp3) is 0.727. The Morgan fingerprint density at radius 2 is 1.90 bits per heavy atom. The minimum Gasteiger partial charge on any atom is -0.477 e. The van der Waals surface area contributed by atoms with Crippen LogP contribution in [0, 0.1) is 25.7 Å². The van der Waals surface area contributed by atoms with Gasteiger partial charge in [-0.05, 0) is 45.4 Å². The minimum absolute atomic E-state index is 0.124. The molecular formula is C22H32N4O4. The highest BCUT2D eigenvalue weighted by molar-refractivity contribution is 5.89. The Morgan fingerprint density at radius 1 is 1.17 bits per heavy atom. The number of amides is 2. The molecule has 8 nitrogen and oxygen atoms in total. The molecule has 3 fully saturated rings. The van der Waals surface area contributed by atoms with Crippen LogP contribution in [0.15, 0.2) is 6.33 Å². The third-order valence-electron chi connectivity index (χ3n) is 6.81. The molecule has 0 saturated carbocycles. The molecule has 0 aromatic carbocycles. The first kappa shape index (κ1) is 21.0. The highest BCUT2D eigenvalue weighted by Gasteiger charge is 2.40. The van der Waals surface area contributed by atoms with Crippen molar-refractivity contribution in [1.29, 1.82) is 0 Å². The maximum Gasteiger partial charge on any atom is 0.227 e. The zero-order valence-electron chi connectivity index (χ0n) is 18.0. The number of carbonyl (C=O) groups excluding carboxylic acids is 2. The SMILES string of the molecule is Cc1ncnc(OCC2CCN(C(=O)C3CC(=O)N(C4CCOCC4)C3)CC2)c1C. The van der Waals surface area contributed by atoms with Gasteiger partial charge in [0.05, 0.1) is 12.5 Å². The molecule has 2 amide bonds. The summed E-state index contributed by atoms with van der Waals surface area (Å²) in [4.78, 5) is 37.8. The smallest absolute Gasteiger partial charge is 0.227 e. The quantitative estimate of drug-likeness (QED) is 0.727. The molecule has 1 aromatic heterocycles. The van der Waals surface area contributed by atoms with Gasteiger partial charge in [-0.15, -0.1) is 0 Å². The number of rotatable bonds is 5. The molecule has 0 radical (unpaired) electrons. The zero-order valence-corrected chi connectivity index (χ0v) is 18.0. The molecule has 8 heteroatoms. The standard InChI is InChI=1S/C22H32N4O4/c1-15-16(2)23-14-24-21(15)30-13-17-3-7-25(8-4-17)22(28)18-11-20(27)26(12-18)19-5-9-29-10-6-19/h14,17-19H,3-13H2,1-2H3. The number of hydrogen-bond donors (Lipinski definition) is 0.